The maximum Gasteiger partial charge on any atom is 0.129 e. The van der Waals surface area contributed by atoms with E-state index >= 15 is 0 Å². The second-order valence-electron chi connectivity index (χ2n) is 12.0. The molecule has 0 aliphatic heterocycles. The molecule has 0 amide bonds. The number of pyridine rings is 2. The van der Waals surface area contributed by atoms with Crippen LogP contribution in [0.1, 0.15) is 34.1 Å². The van der Waals surface area contributed by atoms with E-state index in [0.717, 1.165) is 51.3 Å². The van der Waals surface area contributed by atoms with E-state index in [1.807, 2.05) is 42.5 Å². The number of fused-ring (bicyclic) bond motifs is 1. The van der Waals surface area contributed by atoms with Gasteiger partial charge in [-0.2, -0.15) is 0 Å². The minimum atomic E-state index is -0.303. The highest BCUT2D eigenvalue weighted by Gasteiger charge is 2.37. The number of aromatic nitrogens is 4. The molecule has 0 N–H and O–H groups in total. The van der Waals surface area contributed by atoms with Crippen LogP contribution in [0.3, 0.4) is 0 Å². The number of halogens is 1. The summed E-state index contributed by atoms with van der Waals surface area (Å²) in [5.41, 5.74) is 6.79. The maximum absolute atomic E-state index is 6.49. The lowest BCUT2D eigenvalue weighted by Gasteiger charge is -2.40. The fourth-order valence-corrected chi connectivity index (χ4v) is 6.03. The van der Waals surface area contributed by atoms with Crippen LogP contribution in [0.2, 0.25) is 5.15 Å². The minimum Gasteiger partial charge on any atom is -0.497 e. The lowest BCUT2D eigenvalue weighted by atomic mass is 9.89. The normalized spacial score (nSPS) is 13.0. The largest absolute Gasteiger partial charge is 0.497 e. The van der Waals surface area contributed by atoms with Crippen molar-refractivity contribution >= 4 is 45.8 Å². The van der Waals surface area contributed by atoms with Gasteiger partial charge in [-0.05, 0) is 62.1 Å². The summed E-state index contributed by atoms with van der Waals surface area (Å²) in [7, 11) is 3.32. The quantitative estimate of drug-likeness (QED) is 0.0741. The predicted octanol–water partition coefficient (Wildman–Crippen LogP) is 9.09. The summed E-state index contributed by atoms with van der Waals surface area (Å²) in [6.07, 6.45) is 8.13. The third-order valence-electron chi connectivity index (χ3n) is 8.22. The first-order valence-electron chi connectivity index (χ1n) is 15.1. The molecular weight excluding hydrogens is 618 g/mol. The van der Waals surface area contributed by atoms with Crippen LogP contribution in [-0.2, 0) is 4.74 Å². The molecule has 0 radical (unpaired) electrons. The maximum atomic E-state index is 6.49. The van der Waals surface area contributed by atoms with E-state index in [2.05, 4.69) is 61.0 Å². The van der Waals surface area contributed by atoms with Gasteiger partial charge in [0.2, 0.25) is 0 Å². The first-order chi connectivity index (χ1) is 22.0. The minimum absolute atomic E-state index is 0.0120. The van der Waals surface area contributed by atoms with Crippen molar-refractivity contribution in [3.05, 3.63) is 84.4 Å². The number of anilines is 2. The van der Waals surface area contributed by atoms with Crippen LogP contribution >= 0.6 is 23.4 Å². The molecule has 0 unspecified atom stereocenters. The standard InChI is InChI=1S/C36H40ClN5O3S/c1-35(2,3)36(4,46-7)45-16-8-15-42(27-19-28(43-5)22-29(20-27)44-6)26-9-10-30-32(21-26)41-33(23-40-30)24-11-13-38-31(17-24)25-12-14-39-34(37)18-25/h9-14,17-23H,8,15-16H2,1-7H3/t36-/m1/s1. The Balaban J connectivity index is 1.49. The molecule has 2 aromatic carbocycles. The van der Waals surface area contributed by atoms with Gasteiger partial charge in [0.05, 0.1) is 49.4 Å². The highest BCUT2D eigenvalue weighted by molar-refractivity contribution is 7.99. The zero-order chi connectivity index (χ0) is 32.9. The molecule has 0 spiro atoms. The van der Waals surface area contributed by atoms with Gasteiger partial charge in [-0.1, -0.05) is 32.4 Å². The van der Waals surface area contributed by atoms with Crippen LogP contribution in [0.5, 0.6) is 11.5 Å². The third kappa shape index (κ3) is 7.54. The topological polar surface area (TPSA) is 82.5 Å². The number of hydrogen-bond acceptors (Lipinski definition) is 9. The van der Waals surface area contributed by atoms with E-state index in [4.69, 9.17) is 35.8 Å². The van der Waals surface area contributed by atoms with Crippen LogP contribution in [0.15, 0.2) is 79.3 Å². The Kier molecular flexibility index (Phi) is 10.4. The monoisotopic (exact) mass is 657 g/mol. The number of rotatable bonds is 12. The first kappa shape index (κ1) is 33.4. The Hall–Kier alpha value is -3.92. The van der Waals surface area contributed by atoms with Gasteiger partial charge in [-0.15, -0.1) is 11.8 Å². The summed E-state index contributed by atoms with van der Waals surface area (Å²) in [6, 6.07) is 19.6. The molecule has 10 heteroatoms. The van der Waals surface area contributed by atoms with Crippen molar-refractivity contribution in [1.82, 2.24) is 19.9 Å². The fraction of sp³-hybridized carbons (Fsp3) is 0.333. The Morgan fingerprint density at radius 1 is 0.761 bits per heavy atom. The fourth-order valence-electron chi connectivity index (χ4n) is 5.04. The second kappa shape index (κ2) is 14.2. The Morgan fingerprint density at radius 2 is 1.46 bits per heavy atom. The van der Waals surface area contributed by atoms with Crippen LogP contribution in [0, 0.1) is 5.41 Å². The van der Waals surface area contributed by atoms with Crippen molar-refractivity contribution in [2.24, 2.45) is 5.41 Å². The number of thioether (sulfide) groups is 1. The Morgan fingerprint density at radius 3 is 2.11 bits per heavy atom. The number of methoxy groups -OCH3 is 2. The Labute approximate surface area is 280 Å². The van der Waals surface area contributed by atoms with Gasteiger partial charge >= 0.3 is 0 Å². The molecule has 0 bridgehead atoms. The highest BCUT2D eigenvalue weighted by atomic mass is 35.5. The summed E-state index contributed by atoms with van der Waals surface area (Å²) in [4.78, 5) is 20.3. The summed E-state index contributed by atoms with van der Waals surface area (Å²) in [5.74, 6) is 1.43. The highest BCUT2D eigenvalue weighted by Crippen LogP contribution is 2.42. The van der Waals surface area contributed by atoms with E-state index < -0.39 is 0 Å². The van der Waals surface area contributed by atoms with Crippen molar-refractivity contribution in [1.29, 1.82) is 0 Å². The lowest BCUT2D eigenvalue weighted by molar-refractivity contribution is -0.0333. The van der Waals surface area contributed by atoms with Gasteiger partial charge in [0.25, 0.3) is 0 Å². The first-order valence-corrected chi connectivity index (χ1v) is 16.7. The van der Waals surface area contributed by atoms with Crippen LogP contribution in [-0.4, -0.2) is 58.5 Å². The van der Waals surface area contributed by atoms with Crippen LogP contribution in [0.25, 0.3) is 33.5 Å². The molecule has 46 heavy (non-hydrogen) atoms. The van der Waals surface area contributed by atoms with E-state index in [0.29, 0.717) is 29.8 Å². The average Bonchev–Trinajstić information content (AvgIpc) is 3.07. The number of ether oxygens (including phenoxy) is 3. The van der Waals surface area contributed by atoms with Crippen molar-refractivity contribution in [3.63, 3.8) is 0 Å². The molecule has 0 saturated carbocycles. The van der Waals surface area contributed by atoms with E-state index in [-0.39, 0.29) is 10.3 Å². The molecule has 240 valence electrons. The molecule has 0 aliphatic carbocycles. The van der Waals surface area contributed by atoms with Gasteiger partial charge < -0.3 is 19.1 Å². The molecule has 3 heterocycles. The second-order valence-corrected chi connectivity index (χ2v) is 13.6. The molecule has 3 aromatic heterocycles. The smallest absolute Gasteiger partial charge is 0.129 e. The van der Waals surface area contributed by atoms with Crippen molar-refractivity contribution < 1.29 is 14.2 Å². The molecular formula is C36H40ClN5O3S. The van der Waals surface area contributed by atoms with Crippen LogP contribution in [0.4, 0.5) is 11.4 Å². The molecule has 5 aromatic rings. The molecule has 0 saturated heterocycles. The average molecular weight is 658 g/mol. The van der Waals surface area contributed by atoms with Gasteiger partial charge in [0.1, 0.15) is 21.6 Å². The molecule has 8 nitrogen and oxygen atoms in total. The summed E-state index contributed by atoms with van der Waals surface area (Å²) in [6.45, 7) is 10.1. The number of nitrogens with zero attached hydrogens (tertiary/aromatic N) is 5. The van der Waals surface area contributed by atoms with Crippen LogP contribution < -0.4 is 14.4 Å². The zero-order valence-electron chi connectivity index (χ0n) is 27.4. The number of benzene rings is 2. The van der Waals surface area contributed by atoms with Gasteiger partial charge in [0, 0.05) is 65.1 Å². The summed E-state index contributed by atoms with van der Waals surface area (Å²) < 4.78 is 17.7. The SMILES string of the molecule is COc1cc(OC)cc(N(CCCO[C@](C)(SC)C(C)(C)C)c2ccc3ncc(-c4ccnc(-c5ccnc(Cl)c5)c4)nc3c2)c1. The van der Waals surface area contributed by atoms with Gasteiger partial charge in [-0.25, -0.2) is 9.97 Å². The van der Waals surface area contributed by atoms with E-state index in [1.54, 1.807) is 50.6 Å². The number of hydrogen-bond donors (Lipinski definition) is 0. The van der Waals surface area contributed by atoms with Crippen molar-refractivity contribution in [2.45, 2.75) is 39.0 Å². The molecule has 5 rings (SSSR count). The van der Waals surface area contributed by atoms with Gasteiger partial charge in [0.15, 0.2) is 0 Å². The zero-order valence-corrected chi connectivity index (χ0v) is 28.9. The molecule has 1 atom stereocenters. The summed E-state index contributed by atoms with van der Waals surface area (Å²) in [5, 5.41) is 0.417. The third-order valence-corrected chi connectivity index (χ3v) is 9.93. The predicted molar refractivity (Wildman–Crippen MR) is 190 cm³/mol. The van der Waals surface area contributed by atoms with Gasteiger partial charge in [-0.3, -0.25) is 9.97 Å². The van der Waals surface area contributed by atoms with Crippen molar-refractivity contribution in [2.75, 3.05) is 38.5 Å². The lowest BCUT2D eigenvalue weighted by Crippen LogP contribution is -2.39. The molecule has 0 fully saturated rings. The van der Waals surface area contributed by atoms with Crippen molar-refractivity contribution in [3.8, 4) is 34.0 Å². The Bertz CT molecular complexity index is 1790. The van der Waals surface area contributed by atoms with E-state index in [1.165, 1.54) is 0 Å². The summed E-state index contributed by atoms with van der Waals surface area (Å²) >= 11 is 7.88. The van der Waals surface area contributed by atoms with E-state index in [9.17, 15) is 0 Å². The molecule has 0 aliphatic rings.